The monoisotopic (exact) mass is 298 g/mol. The first-order valence-electron chi connectivity index (χ1n) is 7.64. The molecule has 0 aliphatic rings. The second-order valence-corrected chi connectivity index (χ2v) is 6.37. The largest absolute Gasteiger partial charge is 0.295 e. The molecule has 116 valence electrons. The zero-order valence-electron chi connectivity index (χ0n) is 13.8. The molecule has 2 aromatic rings. The van der Waals surface area contributed by atoms with Crippen LogP contribution in [-0.2, 0) is 17.8 Å². The number of nitrogens with zero attached hydrogens (tertiary/aromatic N) is 3. The zero-order chi connectivity index (χ0) is 16.2. The van der Waals surface area contributed by atoms with Gasteiger partial charge in [0.05, 0.1) is 6.21 Å². The smallest absolute Gasteiger partial charge is 0.282 e. The van der Waals surface area contributed by atoms with Crippen LogP contribution in [0.15, 0.2) is 47.8 Å². The maximum Gasteiger partial charge on any atom is 0.282 e. The fourth-order valence-corrected chi connectivity index (χ4v) is 2.12. The highest BCUT2D eigenvalue weighted by Gasteiger charge is 2.26. The summed E-state index contributed by atoms with van der Waals surface area (Å²) in [6, 6.07) is 9.97. The highest BCUT2D eigenvalue weighted by atomic mass is 16.1. The maximum absolute atomic E-state index is 12.2. The minimum Gasteiger partial charge on any atom is -0.295 e. The van der Waals surface area contributed by atoms with Gasteiger partial charge in [-0.15, -0.1) is 4.68 Å². The normalized spacial score (nSPS) is 12.0. The van der Waals surface area contributed by atoms with Crippen molar-refractivity contribution < 1.29 is 9.36 Å². The fraction of sp³-hybridized carbons (Fsp3) is 0.389. The van der Waals surface area contributed by atoms with Gasteiger partial charge in [0.2, 0.25) is 0 Å². The molecule has 1 aromatic carbocycles. The van der Waals surface area contributed by atoms with Crippen LogP contribution in [0.5, 0.6) is 0 Å². The van der Waals surface area contributed by atoms with Crippen molar-refractivity contribution in [1.82, 2.24) is 4.68 Å². The van der Waals surface area contributed by atoms with Crippen LogP contribution < -0.4 is 4.57 Å². The van der Waals surface area contributed by atoms with Crippen molar-refractivity contribution in [2.24, 2.45) is 10.5 Å². The summed E-state index contributed by atoms with van der Waals surface area (Å²) in [5.74, 6) is 1.24. The molecule has 0 bridgehead atoms. The Kier molecular flexibility index (Phi) is 4.91. The van der Waals surface area contributed by atoms with E-state index in [1.807, 2.05) is 79.0 Å². The number of carbonyl (C=O) groups is 1. The number of hydrogen-bond acceptors (Lipinski definition) is 2. The lowest BCUT2D eigenvalue weighted by molar-refractivity contribution is -0.691. The first kappa shape index (κ1) is 16.1. The lowest BCUT2D eigenvalue weighted by Gasteiger charge is -2.15. The van der Waals surface area contributed by atoms with E-state index in [9.17, 15) is 4.79 Å². The molecule has 4 nitrogen and oxygen atoms in total. The third-order valence-corrected chi connectivity index (χ3v) is 3.58. The van der Waals surface area contributed by atoms with Crippen molar-refractivity contribution in [1.29, 1.82) is 0 Å². The van der Waals surface area contributed by atoms with E-state index in [4.69, 9.17) is 0 Å². The molecule has 4 heteroatoms. The number of hydrogen-bond donors (Lipinski definition) is 0. The van der Waals surface area contributed by atoms with E-state index in [1.165, 1.54) is 0 Å². The summed E-state index contributed by atoms with van der Waals surface area (Å²) in [4.78, 5) is 12.2. The van der Waals surface area contributed by atoms with Crippen molar-refractivity contribution in [3.8, 4) is 0 Å². The first-order chi connectivity index (χ1) is 10.4. The first-order valence-corrected chi connectivity index (χ1v) is 7.64. The topological polar surface area (TPSA) is 38.2 Å². The standard InChI is InChI=1S/C18H24N3O/c1-5-17-20(14-16(22)18(2,3)4)11-12-21(17)19-13-15-9-7-6-8-10-15/h6-13H,5,14H2,1-4H3/q+1. The Bertz CT molecular complexity index is 663. The number of imidazole rings is 1. The van der Waals surface area contributed by atoms with Crippen LogP contribution in [-0.4, -0.2) is 16.7 Å². The molecule has 0 amide bonds. The maximum atomic E-state index is 12.2. The van der Waals surface area contributed by atoms with Crippen molar-refractivity contribution in [2.75, 3.05) is 0 Å². The molecule has 0 spiro atoms. The third-order valence-electron chi connectivity index (χ3n) is 3.58. The van der Waals surface area contributed by atoms with Crippen molar-refractivity contribution in [2.45, 2.75) is 40.7 Å². The Labute approximate surface area is 132 Å². The van der Waals surface area contributed by atoms with Gasteiger partial charge in [-0.1, -0.05) is 63.1 Å². The summed E-state index contributed by atoms with van der Waals surface area (Å²) in [6.45, 7) is 8.31. The number of aromatic nitrogens is 2. The summed E-state index contributed by atoms with van der Waals surface area (Å²) in [6.07, 6.45) is 6.46. The molecule has 0 fully saturated rings. The van der Waals surface area contributed by atoms with Crippen LogP contribution >= 0.6 is 0 Å². The Morgan fingerprint density at radius 3 is 2.55 bits per heavy atom. The summed E-state index contributed by atoms with van der Waals surface area (Å²) in [5.41, 5.74) is 0.725. The van der Waals surface area contributed by atoms with Crippen molar-refractivity contribution >= 4 is 12.0 Å². The Hall–Kier alpha value is -2.23. The second kappa shape index (κ2) is 6.69. The number of Topliss-reactive ketones (excluding diaryl/α,β-unsaturated/α-hetero) is 1. The lowest BCUT2D eigenvalue weighted by Crippen LogP contribution is -2.43. The van der Waals surface area contributed by atoms with Crippen LogP contribution in [0, 0.1) is 5.41 Å². The van der Waals surface area contributed by atoms with Gasteiger partial charge in [-0.3, -0.25) is 4.79 Å². The van der Waals surface area contributed by atoms with E-state index in [0.29, 0.717) is 6.54 Å². The molecule has 1 aromatic heterocycles. The quantitative estimate of drug-likeness (QED) is 0.618. The van der Waals surface area contributed by atoms with Gasteiger partial charge in [-0.25, -0.2) is 4.57 Å². The van der Waals surface area contributed by atoms with Crippen molar-refractivity contribution in [3.05, 3.63) is 54.1 Å². The van der Waals surface area contributed by atoms with E-state index >= 15 is 0 Å². The average molecular weight is 298 g/mol. The number of carbonyl (C=O) groups excluding carboxylic acids is 1. The number of benzene rings is 1. The lowest BCUT2D eigenvalue weighted by atomic mass is 9.91. The van der Waals surface area contributed by atoms with Gasteiger partial charge in [0, 0.05) is 11.8 Å². The molecule has 1 heterocycles. The molecule has 0 unspecified atom stereocenters. The van der Waals surface area contributed by atoms with Gasteiger partial charge in [0.15, 0.2) is 12.0 Å². The van der Waals surface area contributed by atoms with Gasteiger partial charge in [0.1, 0.15) is 12.7 Å². The Morgan fingerprint density at radius 1 is 1.27 bits per heavy atom. The third kappa shape index (κ3) is 3.91. The van der Waals surface area contributed by atoms with Crippen LogP contribution in [0.4, 0.5) is 0 Å². The summed E-state index contributed by atoms with van der Waals surface area (Å²) in [5, 5.41) is 4.50. The molecule has 0 atom stereocenters. The number of ketones is 1. The predicted molar refractivity (Wildman–Crippen MR) is 87.9 cm³/mol. The molecular formula is C18H24N3O+. The fourth-order valence-electron chi connectivity index (χ4n) is 2.12. The second-order valence-electron chi connectivity index (χ2n) is 6.37. The van der Waals surface area contributed by atoms with Crippen molar-refractivity contribution in [3.63, 3.8) is 0 Å². The SMILES string of the molecule is CCc1n(N=Cc2ccccc2)cc[n+]1CC(=O)C(C)(C)C. The van der Waals surface area contributed by atoms with Crippen LogP contribution in [0.25, 0.3) is 0 Å². The molecule has 0 saturated heterocycles. The van der Waals surface area contributed by atoms with Crippen LogP contribution in [0.3, 0.4) is 0 Å². The van der Waals surface area contributed by atoms with Crippen LogP contribution in [0.2, 0.25) is 0 Å². The molecule has 0 aliphatic heterocycles. The summed E-state index contributed by atoms with van der Waals surface area (Å²) >= 11 is 0. The van der Waals surface area contributed by atoms with Gasteiger partial charge >= 0.3 is 0 Å². The van der Waals surface area contributed by atoms with E-state index in [0.717, 1.165) is 17.8 Å². The van der Waals surface area contributed by atoms with E-state index in [-0.39, 0.29) is 11.2 Å². The highest BCUT2D eigenvalue weighted by Crippen LogP contribution is 2.14. The molecule has 0 N–H and O–H groups in total. The van der Waals surface area contributed by atoms with Gasteiger partial charge in [-0.05, 0) is 5.56 Å². The van der Waals surface area contributed by atoms with Gasteiger partial charge in [0.25, 0.3) is 5.82 Å². The minimum atomic E-state index is -0.326. The molecule has 2 rings (SSSR count). The Morgan fingerprint density at radius 2 is 1.95 bits per heavy atom. The predicted octanol–water partition coefficient (Wildman–Crippen LogP) is 2.84. The van der Waals surface area contributed by atoms with Crippen LogP contribution in [0.1, 0.15) is 39.1 Å². The van der Waals surface area contributed by atoms with Gasteiger partial charge in [-0.2, -0.15) is 0 Å². The van der Waals surface area contributed by atoms with E-state index in [1.54, 1.807) is 0 Å². The van der Waals surface area contributed by atoms with E-state index < -0.39 is 0 Å². The van der Waals surface area contributed by atoms with Gasteiger partial charge < -0.3 is 0 Å². The molecule has 0 aliphatic carbocycles. The molecular weight excluding hydrogens is 274 g/mol. The number of rotatable bonds is 5. The highest BCUT2D eigenvalue weighted by molar-refractivity contribution is 5.82. The summed E-state index contributed by atoms with van der Waals surface area (Å²) < 4.78 is 3.82. The zero-order valence-corrected chi connectivity index (χ0v) is 13.8. The molecule has 0 saturated carbocycles. The molecule has 0 radical (unpaired) electrons. The molecule has 22 heavy (non-hydrogen) atoms. The Balaban J connectivity index is 2.21. The average Bonchev–Trinajstić information content (AvgIpc) is 2.87. The van der Waals surface area contributed by atoms with E-state index in [2.05, 4.69) is 12.0 Å². The minimum absolute atomic E-state index is 0.219. The summed E-state index contributed by atoms with van der Waals surface area (Å²) in [7, 11) is 0.